The number of halogens is 1. The quantitative estimate of drug-likeness (QED) is 0.262. The molecule has 0 aliphatic rings. The lowest BCUT2D eigenvalue weighted by Gasteiger charge is -2.17. The van der Waals surface area contributed by atoms with Crippen molar-refractivity contribution in [2.45, 2.75) is 13.0 Å². The molecule has 8 nitrogen and oxygen atoms in total. The first kappa shape index (κ1) is 25.3. The highest BCUT2D eigenvalue weighted by Crippen LogP contribution is 2.31. The first-order valence-corrected chi connectivity index (χ1v) is 11.4. The lowest BCUT2D eigenvalue weighted by atomic mass is 10.1. The molecule has 1 aromatic heterocycles. The Hall–Kier alpha value is -4.79. The van der Waals surface area contributed by atoms with E-state index in [-0.39, 0.29) is 22.9 Å². The van der Waals surface area contributed by atoms with Gasteiger partial charge < -0.3 is 20.5 Å². The van der Waals surface area contributed by atoms with Crippen LogP contribution in [0.25, 0.3) is 11.3 Å². The van der Waals surface area contributed by atoms with Crippen LogP contribution in [0, 0.1) is 0 Å². The van der Waals surface area contributed by atoms with E-state index in [0.717, 1.165) is 11.1 Å². The molecule has 37 heavy (non-hydrogen) atoms. The number of carbonyl (C=O) groups is 2. The maximum atomic E-state index is 12.7. The van der Waals surface area contributed by atoms with E-state index in [4.69, 9.17) is 4.74 Å². The number of hydrogen-bond acceptors (Lipinski definition) is 7. The summed E-state index contributed by atoms with van der Waals surface area (Å²) < 4.78 is 17.9. The van der Waals surface area contributed by atoms with E-state index in [9.17, 15) is 19.1 Å². The molecule has 9 heteroatoms. The van der Waals surface area contributed by atoms with Gasteiger partial charge in [0, 0.05) is 22.4 Å². The number of ketones is 1. The molecule has 0 aliphatic heterocycles. The number of anilines is 2. The molecule has 1 amide bonds. The first-order chi connectivity index (χ1) is 17.9. The number of phenolic OH excluding ortho intramolecular Hbond substituents is 1. The van der Waals surface area contributed by atoms with Crippen LogP contribution >= 0.6 is 0 Å². The Bertz CT molecular complexity index is 1440. The number of methoxy groups -OCH3 is 1. The highest BCUT2D eigenvalue weighted by Gasteiger charge is 2.13. The van der Waals surface area contributed by atoms with Gasteiger partial charge in [-0.25, -0.2) is 9.37 Å². The van der Waals surface area contributed by atoms with Crippen molar-refractivity contribution < 1.29 is 23.8 Å². The van der Waals surface area contributed by atoms with Gasteiger partial charge in [-0.15, -0.1) is 0 Å². The molecule has 0 fully saturated rings. The van der Waals surface area contributed by atoms with Gasteiger partial charge in [-0.2, -0.15) is 0 Å². The number of rotatable bonds is 9. The number of alkyl halides is 1. The Morgan fingerprint density at radius 3 is 2.59 bits per heavy atom. The second-order valence-corrected chi connectivity index (χ2v) is 8.26. The van der Waals surface area contributed by atoms with E-state index >= 15 is 0 Å². The van der Waals surface area contributed by atoms with Crippen molar-refractivity contribution in [2.24, 2.45) is 0 Å². The van der Waals surface area contributed by atoms with Crippen molar-refractivity contribution in [2.75, 3.05) is 24.4 Å². The average molecular weight is 501 g/mol. The molecule has 0 aliphatic carbocycles. The fourth-order valence-corrected chi connectivity index (χ4v) is 3.72. The SMILES string of the molecule is COc1cc(-c2cncc(N[C@@H](C)c3cccc(NC(=O)c4cccc(C(=O)CF)c4)c3)n2)ccc1O. The number of benzene rings is 3. The van der Waals surface area contributed by atoms with Crippen molar-refractivity contribution in [3.05, 3.63) is 95.8 Å². The average Bonchev–Trinajstić information content (AvgIpc) is 2.93. The summed E-state index contributed by atoms with van der Waals surface area (Å²) in [5, 5.41) is 16.0. The summed E-state index contributed by atoms with van der Waals surface area (Å²) in [6.07, 6.45) is 3.23. The second-order valence-electron chi connectivity index (χ2n) is 8.26. The maximum Gasteiger partial charge on any atom is 0.255 e. The number of nitrogens with zero attached hydrogens (tertiary/aromatic N) is 2. The zero-order valence-electron chi connectivity index (χ0n) is 20.2. The van der Waals surface area contributed by atoms with Crippen LogP contribution in [-0.2, 0) is 0 Å². The molecule has 4 rings (SSSR count). The zero-order valence-corrected chi connectivity index (χ0v) is 20.2. The Kier molecular flexibility index (Phi) is 7.73. The Morgan fingerprint density at radius 2 is 1.81 bits per heavy atom. The van der Waals surface area contributed by atoms with Gasteiger partial charge in [-0.3, -0.25) is 14.6 Å². The molecule has 0 bridgehead atoms. The molecule has 188 valence electrons. The monoisotopic (exact) mass is 500 g/mol. The highest BCUT2D eigenvalue weighted by atomic mass is 19.1. The van der Waals surface area contributed by atoms with Crippen molar-refractivity contribution in [3.8, 4) is 22.8 Å². The Balaban J connectivity index is 1.47. The van der Waals surface area contributed by atoms with E-state index in [0.29, 0.717) is 22.9 Å². The van der Waals surface area contributed by atoms with E-state index < -0.39 is 18.4 Å². The third-order valence-corrected chi connectivity index (χ3v) is 5.69. The standard InChI is InChI=1S/C28H25FN4O4/c1-17(31-27-16-30-15-23(33-27)19-9-10-24(34)26(13-19)37-2)18-5-4-8-22(12-18)32-28(36)21-7-3-6-20(11-21)25(35)14-29/h3-13,15-17,34H,14H2,1-2H3,(H,31,33)(H,32,36)/t17-/m0/s1. The number of phenols is 1. The predicted octanol–water partition coefficient (Wildman–Crippen LogP) is 5.44. The molecular weight excluding hydrogens is 475 g/mol. The van der Waals surface area contributed by atoms with Gasteiger partial charge in [0.05, 0.1) is 31.2 Å². The van der Waals surface area contributed by atoms with Crippen LogP contribution in [0.4, 0.5) is 15.9 Å². The summed E-state index contributed by atoms with van der Waals surface area (Å²) in [5.41, 5.74) is 3.20. The summed E-state index contributed by atoms with van der Waals surface area (Å²) in [6, 6.07) is 18.0. The van der Waals surface area contributed by atoms with Crippen molar-refractivity contribution >= 4 is 23.2 Å². The number of aromatic nitrogens is 2. The largest absolute Gasteiger partial charge is 0.504 e. The van der Waals surface area contributed by atoms with E-state index in [1.165, 1.54) is 25.3 Å². The molecule has 0 saturated carbocycles. The normalized spacial score (nSPS) is 11.4. The number of aromatic hydroxyl groups is 1. The molecule has 1 heterocycles. The Labute approximate surface area is 213 Å². The highest BCUT2D eigenvalue weighted by molar-refractivity contribution is 6.06. The predicted molar refractivity (Wildman–Crippen MR) is 139 cm³/mol. The van der Waals surface area contributed by atoms with Gasteiger partial charge in [0.15, 0.2) is 24.0 Å². The third-order valence-electron chi connectivity index (χ3n) is 5.69. The second kappa shape index (κ2) is 11.3. The van der Waals surface area contributed by atoms with Crippen molar-refractivity contribution in [1.29, 1.82) is 0 Å². The lowest BCUT2D eigenvalue weighted by molar-refractivity contribution is 0.0958. The van der Waals surface area contributed by atoms with E-state index in [1.54, 1.807) is 42.7 Å². The molecule has 0 spiro atoms. The summed E-state index contributed by atoms with van der Waals surface area (Å²) in [7, 11) is 1.48. The molecule has 1 atom stereocenters. The van der Waals surface area contributed by atoms with Crippen LogP contribution in [0.3, 0.4) is 0 Å². The minimum absolute atomic E-state index is 0.0371. The molecular formula is C28H25FN4O4. The molecule has 0 saturated heterocycles. The van der Waals surface area contributed by atoms with Gasteiger partial charge in [0.25, 0.3) is 5.91 Å². The number of amides is 1. The minimum atomic E-state index is -1.12. The number of nitrogens with one attached hydrogen (secondary N) is 2. The Morgan fingerprint density at radius 1 is 1.03 bits per heavy atom. The maximum absolute atomic E-state index is 12.7. The third kappa shape index (κ3) is 6.07. The van der Waals surface area contributed by atoms with Gasteiger partial charge >= 0.3 is 0 Å². The first-order valence-electron chi connectivity index (χ1n) is 11.4. The van der Waals surface area contributed by atoms with Gasteiger partial charge in [0.1, 0.15) is 5.82 Å². The van der Waals surface area contributed by atoms with Crippen molar-refractivity contribution in [1.82, 2.24) is 9.97 Å². The van der Waals surface area contributed by atoms with Crippen LogP contribution in [0.15, 0.2) is 79.1 Å². The zero-order chi connectivity index (χ0) is 26.4. The molecule has 3 aromatic carbocycles. The number of hydrogen-bond donors (Lipinski definition) is 3. The topological polar surface area (TPSA) is 113 Å². The van der Waals surface area contributed by atoms with Crippen LogP contribution in [0.1, 0.15) is 39.2 Å². The molecule has 3 N–H and O–H groups in total. The summed E-state index contributed by atoms with van der Waals surface area (Å²) in [6.45, 7) is 0.833. The fraction of sp³-hybridized carbons (Fsp3) is 0.143. The molecule has 0 radical (unpaired) electrons. The summed E-state index contributed by atoms with van der Waals surface area (Å²) in [4.78, 5) is 33.2. The minimum Gasteiger partial charge on any atom is -0.504 e. The molecule has 0 unspecified atom stereocenters. The van der Waals surface area contributed by atoms with Gasteiger partial charge in [0.2, 0.25) is 0 Å². The smallest absolute Gasteiger partial charge is 0.255 e. The van der Waals surface area contributed by atoms with Gasteiger partial charge in [-0.05, 0) is 55.0 Å². The molecule has 4 aromatic rings. The van der Waals surface area contributed by atoms with Crippen LogP contribution in [0.5, 0.6) is 11.5 Å². The van der Waals surface area contributed by atoms with Crippen LogP contribution in [-0.4, -0.2) is 40.5 Å². The summed E-state index contributed by atoms with van der Waals surface area (Å²) >= 11 is 0. The van der Waals surface area contributed by atoms with E-state index in [2.05, 4.69) is 20.6 Å². The number of ether oxygens (including phenoxy) is 1. The van der Waals surface area contributed by atoms with E-state index in [1.807, 2.05) is 25.1 Å². The van der Waals surface area contributed by atoms with Crippen LogP contribution in [0.2, 0.25) is 0 Å². The lowest BCUT2D eigenvalue weighted by Crippen LogP contribution is -2.14. The summed E-state index contributed by atoms with van der Waals surface area (Å²) in [5.74, 6) is -0.163. The van der Waals surface area contributed by atoms with Gasteiger partial charge in [-0.1, -0.05) is 24.3 Å². The fourth-order valence-electron chi connectivity index (χ4n) is 3.72. The number of Topliss-reactive ketones (excluding diaryl/α,β-unsaturated/α-hetero) is 1. The number of carbonyl (C=O) groups excluding carboxylic acids is 2. The van der Waals surface area contributed by atoms with Crippen LogP contribution < -0.4 is 15.4 Å². The van der Waals surface area contributed by atoms with Crippen molar-refractivity contribution in [3.63, 3.8) is 0 Å².